The molecule has 1 aliphatic carbocycles. The molecule has 0 amide bonds. The van der Waals surface area contributed by atoms with Crippen LogP contribution in [0, 0.1) is 10.8 Å². The van der Waals surface area contributed by atoms with Crippen LogP contribution in [0.4, 0.5) is 0 Å². The predicted molar refractivity (Wildman–Crippen MR) is 76.7 cm³/mol. The first kappa shape index (κ1) is 16.5. The molecule has 122 valence electrons. The summed E-state index contributed by atoms with van der Waals surface area (Å²) in [4.78, 5) is 35.7. The highest BCUT2D eigenvalue weighted by Gasteiger charge is 2.76. The highest BCUT2D eigenvalue weighted by molar-refractivity contribution is 5.93. The first-order valence-electron chi connectivity index (χ1n) is 7.32. The summed E-state index contributed by atoms with van der Waals surface area (Å²) in [5, 5.41) is 0. The van der Waals surface area contributed by atoms with Crippen LogP contribution in [0.25, 0.3) is 0 Å². The number of rotatable bonds is 5. The second-order valence-electron chi connectivity index (χ2n) is 6.73. The molecule has 2 rings (SSSR count). The fourth-order valence-electron chi connectivity index (χ4n) is 3.21. The Hall–Kier alpha value is -1.85. The Kier molecular flexibility index (Phi) is 3.83. The lowest BCUT2D eigenvalue weighted by atomic mass is 9.66. The zero-order valence-electron chi connectivity index (χ0n) is 13.5. The van der Waals surface area contributed by atoms with E-state index in [2.05, 4.69) is 6.58 Å². The fourth-order valence-corrected chi connectivity index (χ4v) is 3.21. The molecular formula is C16H22O6. The lowest BCUT2D eigenvalue weighted by molar-refractivity contribution is -0.184. The largest absolute Gasteiger partial charge is 0.459 e. The highest BCUT2D eigenvalue weighted by atomic mass is 16.6. The van der Waals surface area contributed by atoms with Crippen LogP contribution in [0.5, 0.6) is 0 Å². The standard InChI is InChI=1S/C16H22O6/c1-10(2)11(17)20-8-9-21-13(19)16-7-6-15(5,12(18)22-16)14(16,3)4/h1,6-9H2,2-5H3. The predicted octanol–water partition coefficient (Wildman–Crippen LogP) is 1.77. The molecule has 2 fully saturated rings. The van der Waals surface area contributed by atoms with Crippen LogP contribution in [0.2, 0.25) is 0 Å². The van der Waals surface area contributed by atoms with Crippen molar-refractivity contribution in [2.24, 2.45) is 10.8 Å². The smallest absolute Gasteiger partial charge is 0.351 e. The average molecular weight is 310 g/mol. The second-order valence-corrected chi connectivity index (χ2v) is 6.73. The van der Waals surface area contributed by atoms with Gasteiger partial charge in [-0.25, -0.2) is 9.59 Å². The van der Waals surface area contributed by atoms with Crippen LogP contribution in [0.15, 0.2) is 12.2 Å². The minimum Gasteiger partial charge on any atom is -0.459 e. The van der Waals surface area contributed by atoms with Crippen molar-refractivity contribution in [1.82, 2.24) is 0 Å². The van der Waals surface area contributed by atoms with Crippen molar-refractivity contribution in [1.29, 1.82) is 0 Å². The summed E-state index contributed by atoms with van der Waals surface area (Å²) in [7, 11) is 0. The molecule has 0 radical (unpaired) electrons. The summed E-state index contributed by atoms with van der Waals surface area (Å²) in [6.45, 7) is 10.4. The number of carbonyl (C=O) groups is 3. The van der Waals surface area contributed by atoms with Crippen molar-refractivity contribution >= 4 is 17.9 Å². The van der Waals surface area contributed by atoms with Gasteiger partial charge in [0.2, 0.25) is 5.60 Å². The first-order valence-corrected chi connectivity index (χ1v) is 7.32. The van der Waals surface area contributed by atoms with E-state index in [4.69, 9.17) is 14.2 Å². The fraction of sp³-hybridized carbons (Fsp3) is 0.688. The third-order valence-electron chi connectivity index (χ3n) is 5.31. The zero-order chi connectivity index (χ0) is 16.8. The van der Waals surface area contributed by atoms with E-state index in [1.165, 1.54) is 6.92 Å². The summed E-state index contributed by atoms with van der Waals surface area (Å²) < 4.78 is 15.5. The van der Waals surface area contributed by atoms with E-state index in [1.54, 1.807) is 0 Å². The van der Waals surface area contributed by atoms with Gasteiger partial charge in [0, 0.05) is 11.0 Å². The summed E-state index contributed by atoms with van der Waals surface area (Å²) in [6, 6.07) is 0. The minimum absolute atomic E-state index is 0.0564. The van der Waals surface area contributed by atoms with Crippen LogP contribution in [0.3, 0.4) is 0 Å². The first-order chi connectivity index (χ1) is 10.1. The van der Waals surface area contributed by atoms with E-state index < -0.39 is 28.4 Å². The Bertz CT molecular complexity index is 549. The van der Waals surface area contributed by atoms with Crippen molar-refractivity contribution in [3.05, 3.63) is 12.2 Å². The lowest BCUT2D eigenvalue weighted by Gasteiger charge is -2.34. The number of ether oxygens (including phenoxy) is 3. The summed E-state index contributed by atoms with van der Waals surface area (Å²) in [6.07, 6.45) is 1.05. The molecule has 2 atom stereocenters. The second kappa shape index (κ2) is 5.11. The number of fused-ring (bicyclic) bond motifs is 2. The van der Waals surface area contributed by atoms with Crippen molar-refractivity contribution in [2.75, 3.05) is 13.2 Å². The van der Waals surface area contributed by atoms with Gasteiger partial charge in [0.1, 0.15) is 13.2 Å². The Morgan fingerprint density at radius 2 is 1.77 bits per heavy atom. The van der Waals surface area contributed by atoms with Gasteiger partial charge in [-0.2, -0.15) is 0 Å². The number of hydrogen-bond acceptors (Lipinski definition) is 6. The average Bonchev–Trinajstić information content (AvgIpc) is 2.73. The third kappa shape index (κ3) is 2.04. The lowest BCUT2D eigenvalue weighted by Crippen LogP contribution is -2.49. The number of esters is 3. The Morgan fingerprint density at radius 3 is 2.23 bits per heavy atom. The van der Waals surface area contributed by atoms with Crippen molar-refractivity contribution in [2.45, 2.75) is 46.1 Å². The minimum atomic E-state index is -1.24. The van der Waals surface area contributed by atoms with Crippen molar-refractivity contribution in [3.63, 3.8) is 0 Å². The zero-order valence-corrected chi connectivity index (χ0v) is 13.5. The van der Waals surface area contributed by atoms with Gasteiger partial charge in [0.15, 0.2) is 0 Å². The van der Waals surface area contributed by atoms with Crippen LogP contribution in [-0.2, 0) is 28.6 Å². The van der Waals surface area contributed by atoms with E-state index in [9.17, 15) is 14.4 Å². The topological polar surface area (TPSA) is 78.9 Å². The van der Waals surface area contributed by atoms with Crippen LogP contribution in [0.1, 0.15) is 40.5 Å². The van der Waals surface area contributed by atoms with E-state index in [0.29, 0.717) is 12.8 Å². The van der Waals surface area contributed by atoms with E-state index >= 15 is 0 Å². The van der Waals surface area contributed by atoms with E-state index in [0.717, 1.165) is 0 Å². The van der Waals surface area contributed by atoms with Gasteiger partial charge in [-0.15, -0.1) is 0 Å². The molecule has 22 heavy (non-hydrogen) atoms. The Balaban J connectivity index is 1.97. The normalized spacial score (nSPS) is 31.5. The maximum absolute atomic E-state index is 12.4. The molecular weight excluding hydrogens is 288 g/mol. The molecule has 1 heterocycles. The number of carbonyl (C=O) groups excluding carboxylic acids is 3. The molecule has 2 unspecified atom stereocenters. The van der Waals surface area contributed by atoms with E-state index in [-0.39, 0.29) is 24.8 Å². The molecule has 1 aliphatic heterocycles. The molecule has 0 aromatic carbocycles. The highest BCUT2D eigenvalue weighted by Crippen LogP contribution is 2.65. The molecule has 1 saturated carbocycles. The van der Waals surface area contributed by atoms with Gasteiger partial charge in [-0.3, -0.25) is 4.79 Å². The summed E-state index contributed by atoms with van der Waals surface area (Å²) in [5.74, 6) is -1.46. The maximum Gasteiger partial charge on any atom is 0.351 e. The van der Waals surface area contributed by atoms with Gasteiger partial charge in [-0.05, 0) is 26.7 Å². The van der Waals surface area contributed by atoms with Gasteiger partial charge in [0.25, 0.3) is 0 Å². The maximum atomic E-state index is 12.4. The molecule has 0 N–H and O–H groups in total. The summed E-state index contributed by atoms with van der Waals surface area (Å²) in [5.41, 5.74) is -2.26. The molecule has 0 spiro atoms. The van der Waals surface area contributed by atoms with Crippen molar-refractivity contribution in [3.8, 4) is 0 Å². The molecule has 0 aromatic rings. The Morgan fingerprint density at radius 1 is 1.18 bits per heavy atom. The van der Waals surface area contributed by atoms with Gasteiger partial charge in [0.05, 0.1) is 5.41 Å². The number of hydrogen-bond donors (Lipinski definition) is 0. The van der Waals surface area contributed by atoms with Crippen LogP contribution >= 0.6 is 0 Å². The van der Waals surface area contributed by atoms with Gasteiger partial charge < -0.3 is 14.2 Å². The van der Waals surface area contributed by atoms with E-state index in [1.807, 2.05) is 20.8 Å². The van der Waals surface area contributed by atoms with Crippen molar-refractivity contribution < 1.29 is 28.6 Å². The molecule has 2 bridgehead atoms. The molecule has 1 saturated heterocycles. The van der Waals surface area contributed by atoms with Gasteiger partial charge in [-0.1, -0.05) is 20.4 Å². The van der Waals surface area contributed by atoms with Crippen LogP contribution < -0.4 is 0 Å². The van der Waals surface area contributed by atoms with Gasteiger partial charge >= 0.3 is 17.9 Å². The Labute approximate surface area is 129 Å². The monoisotopic (exact) mass is 310 g/mol. The third-order valence-corrected chi connectivity index (χ3v) is 5.31. The molecule has 2 aliphatic rings. The quantitative estimate of drug-likeness (QED) is 0.333. The molecule has 6 heteroatoms. The SMILES string of the molecule is C=C(C)C(=O)OCCOC(=O)C12CCC(C)(C(=O)O1)C2(C)C. The van der Waals surface area contributed by atoms with Crippen LogP contribution in [-0.4, -0.2) is 36.7 Å². The summed E-state index contributed by atoms with van der Waals surface area (Å²) >= 11 is 0. The molecule has 0 aromatic heterocycles. The molecule has 6 nitrogen and oxygen atoms in total.